The fraction of sp³-hybridized carbons (Fsp3) is 0.500. The monoisotopic (exact) mass is 298 g/mol. The van der Waals surface area contributed by atoms with Gasteiger partial charge in [0.1, 0.15) is 0 Å². The summed E-state index contributed by atoms with van der Waals surface area (Å²) in [7, 11) is -1.54. The van der Waals surface area contributed by atoms with Gasteiger partial charge in [0.05, 0.1) is 8.07 Å². The third kappa shape index (κ3) is 2.81. The second-order valence-electron chi connectivity index (χ2n) is 6.94. The molecule has 1 heteroatoms. The van der Waals surface area contributed by atoms with Crippen molar-refractivity contribution in [3.05, 3.63) is 52.6 Å². The molecule has 0 spiro atoms. The number of hydrogen-bond acceptors (Lipinski definition) is 0. The third-order valence-electron chi connectivity index (χ3n) is 5.73. The number of benzene rings is 1. The molecule has 0 fully saturated rings. The first-order valence-electron chi connectivity index (χ1n) is 8.34. The lowest BCUT2D eigenvalue weighted by atomic mass is 10.1. The minimum Gasteiger partial charge on any atom is -0.0654 e. The van der Waals surface area contributed by atoms with Crippen LogP contribution < -0.4 is 5.19 Å². The summed E-state index contributed by atoms with van der Waals surface area (Å²) in [5, 5.41) is 1.63. The fourth-order valence-corrected chi connectivity index (χ4v) is 9.42. The Kier molecular flexibility index (Phi) is 4.93. The largest absolute Gasteiger partial charge is 0.0948 e. The lowest BCUT2D eigenvalue weighted by molar-refractivity contribution is 0.857. The van der Waals surface area contributed by atoms with E-state index in [1.807, 2.05) is 0 Å². The van der Waals surface area contributed by atoms with Crippen molar-refractivity contribution in [2.75, 3.05) is 0 Å². The van der Waals surface area contributed by atoms with Gasteiger partial charge in [-0.2, -0.15) is 0 Å². The van der Waals surface area contributed by atoms with E-state index in [1.54, 1.807) is 27.5 Å². The van der Waals surface area contributed by atoms with E-state index in [0.717, 1.165) is 0 Å². The normalized spacial score (nSPS) is 19.3. The Balaban J connectivity index is 2.52. The van der Waals surface area contributed by atoms with Crippen molar-refractivity contribution in [1.29, 1.82) is 0 Å². The van der Waals surface area contributed by atoms with E-state index in [9.17, 15) is 0 Å². The predicted molar refractivity (Wildman–Crippen MR) is 97.9 cm³/mol. The Hall–Kier alpha value is -1.08. The summed E-state index contributed by atoms with van der Waals surface area (Å²) in [6.07, 6.45) is 2.65. The fourth-order valence-electron chi connectivity index (χ4n) is 4.12. The van der Waals surface area contributed by atoms with Gasteiger partial charge >= 0.3 is 0 Å². The average Bonchev–Trinajstić information content (AvgIpc) is 2.70. The maximum absolute atomic E-state index is 2.61. The summed E-state index contributed by atoms with van der Waals surface area (Å²) in [5.41, 5.74) is 7.07. The Bertz CT molecular complexity index is 541. The summed E-state index contributed by atoms with van der Waals surface area (Å²) < 4.78 is 0. The van der Waals surface area contributed by atoms with E-state index in [2.05, 4.69) is 71.5 Å². The zero-order valence-corrected chi connectivity index (χ0v) is 15.6. The minimum atomic E-state index is -1.54. The topological polar surface area (TPSA) is 0 Å². The number of unbranched alkanes of at least 4 members (excludes halogenated alkanes) is 1. The van der Waals surface area contributed by atoms with Gasteiger partial charge in [0.2, 0.25) is 0 Å². The van der Waals surface area contributed by atoms with Crippen LogP contribution in [0.15, 0.2) is 52.6 Å². The second kappa shape index (κ2) is 6.35. The molecular formula is C20H30Si. The molecule has 0 N–H and O–H groups in total. The van der Waals surface area contributed by atoms with Crippen molar-refractivity contribution in [1.82, 2.24) is 0 Å². The molecule has 0 saturated heterocycles. The third-order valence-corrected chi connectivity index (χ3v) is 10.9. The summed E-state index contributed by atoms with van der Waals surface area (Å²) in [5.74, 6) is 0. The molecule has 1 unspecified atom stereocenters. The number of allylic oxidation sites excluding steroid dienone is 4. The lowest BCUT2D eigenvalue weighted by Gasteiger charge is -2.37. The van der Waals surface area contributed by atoms with Crippen molar-refractivity contribution in [2.45, 2.75) is 65.6 Å². The standard InChI is InChI=1S/C20H30Si/c1-7-8-14-21(6,19-12-10-9-11-13-19)20-17(4)15(2)16(3)18(20)5/h9-13,20H,7-8,14H2,1-6H3. The molecule has 0 amide bonds. The summed E-state index contributed by atoms with van der Waals surface area (Å²) in [4.78, 5) is 0. The molecule has 0 aliphatic heterocycles. The van der Waals surface area contributed by atoms with Crippen molar-refractivity contribution in [3.8, 4) is 0 Å². The molecule has 1 aliphatic carbocycles. The molecule has 1 aromatic carbocycles. The zero-order valence-electron chi connectivity index (χ0n) is 14.6. The molecular weight excluding hydrogens is 268 g/mol. The van der Waals surface area contributed by atoms with Crippen LogP contribution in [0, 0.1) is 0 Å². The first-order chi connectivity index (χ1) is 9.93. The Labute approximate surface area is 132 Å². The zero-order chi connectivity index (χ0) is 15.6. The molecule has 0 saturated carbocycles. The van der Waals surface area contributed by atoms with Crippen LogP contribution in [0.5, 0.6) is 0 Å². The van der Waals surface area contributed by atoms with Crippen LogP contribution >= 0.6 is 0 Å². The molecule has 0 aromatic heterocycles. The lowest BCUT2D eigenvalue weighted by Crippen LogP contribution is -2.49. The molecule has 0 nitrogen and oxygen atoms in total. The molecule has 1 atom stereocenters. The highest BCUT2D eigenvalue weighted by Crippen LogP contribution is 2.48. The minimum absolute atomic E-state index is 0.700. The van der Waals surface area contributed by atoms with Crippen LogP contribution in [0.3, 0.4) is 0 Å². The van der Waals surface area contributed by atoms with Gasteiger partial charge in [0.15, 0.2) is 0 Å². The van der Waals surface area contributed by atoms with E-state index in [1.165, 1.54) is 18.9 Å². The predicted octanol–water partition coefficient (Wildman–Crippen LogP) is 5.83. The van der Waals surface area contributed by atoms with Gasteiger partial charge in [-0.25, -0.2) is 0 Å². The van der Waals surface area contributed by atoms with Crippen molar-refractivity contribution >= 4 is 13.3 Å². The molecule has 2 rings (SSSR count). The van der Waals surface area contributed by atoms with Gasteiger partial charge in [0.25, 0.3) is 0 Å². The Morgan fingerprint density at radius 2 is 1.43 bits per heavy atom. The maximum atomic E-state index is 2.61. The van der Waals surface area contributed by atoms with Crippen LogP contribution in [-0.2, 0) is 0 Å². The van der Waals surface area contributed by atoms with Gasteiger partial charge in [-0.05, 0) is 38.8 Å². The highest BCUT2D eigenvalue weighted by Gasteiger charge is 2.42. The van der Waals surface area contributed by atoms with Crippen LogP contribution in [0.25, 0.3) is 0 Å². The molecule has 0 bridgehead atoms. The second-order valence-corrected chi connectivity index (χ2v) is 11.4. The van der Waals surface area contributed by atoms with E-state index in [-0.39, 0.29) is 0 Å². The van der Waals surface area contributed by atoms with E-state index in [4.69, 9.17) is 0 Å². The van der Waals surface area contributed by atoms with Crippen LogP contribution in [-0.4, -0.2) is 8.07 Å². The smallest absolute Gasteiger partial charge is 0.0654 e. The summed E-state index contributed by atoms with van der Waals surface area (Å²) in [6.45, 7) is 14.3. The first kappa shape index (κ1) is 16.3. The molecule has 0 radical (unpaired) electrons. The highest BCUT2D eigenvalue weighted by molar-refractivity contribution is 6.93. The molecule has 114 valence electrons. The van der Waals surface area contributed by atoms with Gasteiger partial charge in [-0.15, -0.1) is 0 Å². The molecule has 1 aromatic rings. The summed E-state index contributed by atoms with van der Waals surface area (Å²) in [6, 6.07) is 12.7. The van der Waals surface area contributed by atoms with Crippen molar-refractivity contribution in [2.24, 2.45) is 0 Å². The summed E-state index contributed by atoms with van der Waals surface area (Å²) >= 11 is 0. The molecule has 1 aliphatic rings. The average molecular weight is 299 g/mol. The van der Waals surface area contributed by atoms with E-state index >= 15 is 0 Å². The number of rotatable bonds is 5. The quantitative estimate of drug-likeness (QED) is 0.600. The van der Waals surface area contributed by atoms with Gasteiger partial charge in [-0.3, -0.25) is 0 Å². The van der Waals surface area contributed by atoms with Crippen molar-refractivity contribution in [3.63, 3.8) is 0 Å². The molecule has 21 heavy (non-hydrogen) atoms. The van der Waals surface area contributed by atoms with Gasteiger partial charge in [0, 0.05) is 5.54 Å². The molecule has 0 heterocycles. The van der Waals surface area contributed by atoms with E-state index < -0.39 is 8.07 Å². The SMILES string of the molecule is CCCC[Si](C)(c1ccccc1)C1C(C)=C(C)C(C)=C1C. The van der Waals surface area contributed by atoms with Gasteiger partial charge in [-0.1, -0.05) is 79.0 Å². The van der Waals surface area contributed by atoms with Crippen LogP contribution in [0.1, 0.15) is 47.5 Å². The van der Waals surface area contributed by atoms with Crippen LogP contribution in [0.2, 0.25) is 18.1 Å². The van der Waals surface area contributed by atoms with Crippen molar-refractivity contribution < 1.29 is 0 Å². The number of hydrogen-bond donors (Lipinski definition) is 0. The van der Waals surface area contributed by atoms with Gasteiger partial charge < -0.3 is 0 Å². The highest BCUT2D eigenvalue weighted by atomic mass is 28.3. The first-order valence-corrected chi connectivity index (χ1v) is 11.1. The Morgan fingerprint density at radius 1 is 0.905 bits per heavy atom. The Morgan fingerprint density at radius 3 is 1.90 bits per heavy atom. The maximum Gasteiger partial charge on any atom is 0.0948 e. The van der Waals surface area contributed by atoms with Crippen LogP contribution in [0.4, 0.5) is 0 Å². The van der Waals surface area contributed by atoms with E-state index in [0.29, 0.717) is 5.54 Å².